The zero-order chi connectivity index (χ0) is 36.3. The average Bonchev–Trinajstić information content (AvgIpc) is 3.84. The number of nitriles is 1. The summed E-state index contributed by atoms with van der Waals surface area (Å²) in [6.45, 7) is 5.49. The Morgan fingerprint density at radius 2 is 1.88 bits per heavy atom. The lowest BCUT2D eigenvalue weighted by Gasteiger charge is -2.43. The fourth-order valence-electron chi connectivity index (χ4n) is 8.44. The number of carbonyl (C=O) groups excluding carboxylic acids is 1. The summed E-state index contributed by atoms with van der Waals surface area (Å²) >= 11 is 0.929. The summed E-state index contributed by atoms with van der Waals surface area (Å²) in [5.41, 5.74) is 7.71. The van der Waals surface area contributed by atoms with E-state index in [9.17, 15) is 15.2 Å². The van der Waals surface area contributed by atoms with Gasteiger partial charge in [0.15, 0.2) is 11.6 Å². The van der Waals surface area contributed by atoms with Crippen LogP contribution in [0.15, 0.2) is 6.20 Å². The van der Waals surface area contributed by atoms with Crippen molar-refractivity contribution in [2.24, 2.45) is 5.92 Å². The molecule has 2 bridgehead atoms. The van der Waals surface area contributed by atoms with Gasteiger partial charge in [-0.3, -0.25) is 14.7 Å². The van der Waals surface area contributed by atoms with Crippen molar-refractivity contribution in [2.45, 2.75) is 64.0 Å². The van der Waals surface area contributed by atoms with E-state index < -0.39 is 18.2 Å². The third kappa shape index (κ3) is 5.88. The van der Waals surface area contributed by atoms with E-state index in [1.165, 1.54) is 0 Å². The Balaban J connectivity index is 1.25. The smallest absolute Gasteiger partial charge is 0.319 e. The first-order chi connectivity index (χ1) is 25.2. The van der Waals surface area contributed by atoms with Crippen molar-refractivity contribution in [3.63, 3.8) is 0 Å². The molecular weight excluding hydrogens is 695 g/mol. The molecule has 1 amide bonds. The Hall–Kier alpha value is -4.27. The maximum atomic E-state index is 17.5. The van der Waals surface area contributed by atoms with E-state index in [2.05, 4.69) is 27.8 Å². The first-order valence-corrected chi connectivity index (χ1v) is 18.5. The van der Waals surface area contributed by atoms with Crippen LogP contribution in [0.1, 0.15) is 49.3 Å². The van der Waals surface area contributed by atoms with Gasteiger partial charge >= 0.3 is 6.01 Å². The second-order valence-corrected chi connectivity index (χ2v) is 15.2. The van der Waals surface area contributed by atoms with Crippen LogP contribution in [0.5, 0.6) is 6.01 Å². The molecule has 7 heterocycles. The van der Waals surface area contributed by atoms with Gasteiger partial charge in [0.2, 0.25) is 5.91 Å². The summed E-state index contributed by atoms with van der Waals surface area (Å²) in [6.07, 6.45) is 4.36. The number of aliphatic hydroxyl groups is 1. The van der Waals surface area contributed by atoms with Crippen LogP contribution in [-0.4, -0.2) is 107 Å². The van der Waals surface area contributed by atoms with Crippen LogP contribution >= 0.6 is 11.3 Å². The van der Waals surface area contributed by atoms with Crippen molar-refractivity contribution >= 4 is 49.1 Å². The second kappa shape index (κ2) is 13.9. The highest BCUT2D eigenvalue weighted by Crippen LogP contribution is 2.48. The van der Waals surface area contributed by atoms with Gasteiger partial charge in [-0.1, -0.05) is 0 Å². The third-order valence-corrected chi connectivity index (χ3v) is 12.1. The molecule has 3 atom stereocenters. The Labute approximate surface area is 302 Å². The van der Waals surface area contributed by atoms with Gasteiger partial charge in [-0.05, 0) is 49.7 Å². The molecule has 3 saturated heterocycles. The molecule has 1 aromatic carbocycles. The average molecular weight is 735 g/mol. The van der Waals surface area contributed by atoms with Crippen LogP contribution in [0.25, 0.3) is 32.2 Å². The number of aliphatic hydroxyl groups excluding tert-OH is 1. The summed E-state index contributed by atoms with van der Waals surface area (Å²) in [5.74, 6) is -0.926. The minimum atomic E-state index is -0.683. The molecule has 3 fully saturated rings. The van der Waals surface area contributed by atoms with E-state index in [1.807, 2.05) is 0 Å². The summed E-state index contributed by atoms with van der Waals surface area (Å²) in [7, 11) is 1.72. The first kappa shape index (κ1) is 34.8. The molecule has 4 aliphatic heterocycles. The Bertz CT molecular complexity index is 2090. The molecule has 52 heavy (non-hydrogen) atoms. The van der Waals surface area contributed by atoms with Crippen LogP contribution < -0.4 is 15.4 Å². The minimum Gasteiger partial charge on any atom is -0.463 e. The number of hydrogen-bond donors (Lipinski definition) is 2. The lowest BCUT2D eigenvalue weighted by atomic mass is 9.93. The summed E-state index contributed by atoms with van der Waals surface area (Å²) < 4.78 is 50.5. The Morgan fingerprint density at radius 3 is 2.58 bits per heavy atom. The van der Waals surface area contributed by atoms with E-state index in [4.69, 9.17) is 29.9 Å². The number of benzene rings is 1. The lowest BCUT2D eigenvalue weighted by Crippen LogP contribution is -2.55. The van der Waals surface area contributed by atoms with E-state index in [-0.39, 0.29) is 93.3 Å². The highest BCUT2D eigenvalue weighted by atomic mass is 32.1. The molecule has 3 aromatic heterocycles. The van der Waals surface area contributed by atoms with Crippen molar-refractivity contribution in [3.8, 4) is 23.3 Å². The van der Waals surface area contributed by atoms with Gasteiger partial charge in [0.1, 0.15) is 29.0 Å². The molecule has 4 aliphatic rings. The number of fused-ring (bicyclic) bond motifs is 6. The predicted molar refractivity (Wildman–Crippen MR) is 190 cm³/mol. The number of carbonyl (C=O) groups is 1. The van der Waals surface area contributed by atoms with Gasteiger partial charge in [-0.15, -0.1) is 11.3 Å². The van der Waals surface area contributed by atoms with Crippen molar-refractivity contribution < 1.29 is 32.9 Å². The molecule has 4 aromatic rings. The van der Waals surface area contributed by atoms with Gasteiger partial charge in [-0.25, -0.2) is 8.78 Å². The van der Waals surface area contributed by atoms with E-state index in [0.29, 0.717) is 42.7 Å². The topological polar surface area (TPSA) is 163 Å². The number of nitrogens with two attached hydrogens (primary N) is 1. The molecule has 3 N–H and O–H groups in total. The number of pyridine rings is 1. The third-order valence-electron chi connectivity index (χ3n) is 11.1. The molecule has 274 valence electrons. The van der Waals surface area contributed by atoms with Crippen LogP contribution in [0.2, 0.25) is 0 Å². The normalized spacial score (nSPS) is 21.2. The molecular formula is C36H40F2N8O5S. The number of amides is 1. The monoisotopic (exact) mass is 734 g/mol. The highest BCUT2D eigenvalue weighted by Gasteiger charge is 2.43. The van der Waals surface area contributed by atoms with Gasteiger partial charge in [0.25, 0.3) is 0 Å². The van der Waals surface area contributed by atoms with Crippen LogP contribution in [0, 0.1) is 28.9 Å². The van der Waals surface area contributed by atoms with Crippen molar-refractivity contribution in [1.82, 2.24) is 24.8 Å². The number of nitrogens with zero attached hydrogens (tertiary/aromatic N) is 7. The van der Waals surface area contributed by atoms with Crippen molar-refractivity contribution in [3.05, 3.63) is 34.5 Å². The van der Waals surface area contributed by atoms with E-state index in [0.717, 1.165) is 55.6 Å². The molecule has 0 saturated carbocycles. The minimum absolute atomic E-state index is 0.0321. The number of piperazine rings is 1. The number of ether oxygens (including phenoxy) is 3. The predicted octanol–water partition coefficient (Wildman–Crippen LogP) is 3.97. The second-order valence-electron chi connectivity index (χ2n) is 14.2. The maximum absolute atomic E-state index is 17.5. The zero-order valence-corrected chi connectivity index (χ0v) is 29.8. The number of aromatic nitrogens is 3. The van der Waals surface area contributed by atoms with E-state index in [1.54, 1.807) is 12.0 Å². The number of rotatable bonds is 9. The first-order valence-electron chi connectivity index (χ1n) is 17.6. The Morgan fingerprint density at radius 1 is 1.15 bits per heavy atom. The SMILES string of the molecule is COC(C)CN1CC2CCC(C1)N2c1nc(OCC2CCN(C(=O)CO)CC2)nc2c(F)c(-c3ncc(F)c4sc(N)c(C#N)c34)c3c(c12)COC3. The number of likely N-dealkylation sites (tertiary alicyclic amines) is 2. The summed E-state index contributed by atoms with van der Waals surface area (Å²) in [5, 5.41) is 20.1. The number of methoxy groups -OCH3 is 1. The maximum Gasteiger partial charge on any atom is 0.319 e. The zero-order valence-electron chi connectivity index (χ0n) is 29.0. The molecule has 0 spiro atoms. The highest BCUT2D eigenvalue weighted by molar-refractivity contribution is 7.23. The van der Waals surface area contributed by atoms with Crippen LogP contribution in [0.4, 0.5) is 19.6 Å². The fraction of sp³-hybridized carbons (Fsp3) is 0.528. The largest absolute Gasteiger partial charge is 0.463 e. The van der Waals surface area contributed by atoms with Crippen LogP contribution in [0.3, 0.4) is 0 Å². The van der Waals surface area contributed by atoms with Crippen molar-refractivity contribution in [2.75, 3.05) is 63.7 Å². The van der Waals surface area contributed by atoms with Gasteiger partial charge in [-0.2, -0.15) is 15.2 Å². The number of piperidine rings is 1. The Kier molecular flexibility index (Phi) is 9.33. The number of thiophene rings is 1. The number of nitrogen functional groups attached to an aromatic ring is 1. The van der Waals surface area contributed by atoms with Gasteiger partial charge in [0, 0.05) is 62.9 Å². The van der Waals surface area contributed by atoms with Crippen LogP contribution in [-0.2, 0) is 27.5 Å². The van der Waals surface area contributed by atoms with Gasteiger partial charge in [0.05, 0.1) is 53.5 Å². The molecule has 0 radical (unpaired) electrons. The summed E-state index contributed by atoms with van der Waals surface area (Å²) in [4.78, 5) is 32.5. The molecule has 8 rings (SSSR count). The fourth-order valence-corrected chi connectivity index (χ4v) is 9.36. The number of anilines is 2. The van der Waals surface area contributed by atoms with E-state index >= 15 is 8.78 Å². The molecule has 3 unspecified atom stereocenters. The standard InChI is InChI=1S/C36H40F2N8O5S/c1-18(49-2)11-44-12-20-3-4-21(13-44)46(20)35-29-24-17-50-16-23(24)27(31-28-22(9-39)34(40)52-33(28)25(37)10-41-31)30(38)32(29)42-36(43-35)51-15-19-5-7-45(8-6-19)26(48)14-47/h10,18-21,47H,3-8,11-17,40H2,1-2H3. The quantitative estimate of drug-likeness (QED) is 0.255. The van der Waals surface area contributed by atoms with Crippen molar-refractivity contribution in [1.29, 1.82) is 5.26 Å². The number of hydrogen-bond acceptors (Lipinski definition) is 13. The lowest BCUT2D eigenvalue weighted by molar-refractivity contribution is -0.135. The molecule has 16 heteroatoms. The molecule has 0 aliphatic carbocycles. The summed E-state index contributed by atoms with van der Waals surface area (Å²) in [6, 6.07) is 2.33. The van der Waals surface area contributed by atoms with Gasteiger partial charge < -0.3 is 34.9 Å². The number of halogens is 2. The molecule has 13 nitrogen and oxygen atoms in total.